The fraction of sp³-hybridized carbons (Fsp3) is 0.211. The van der Waals surface area contributed by atoms with Gasteiger partial charge in [-0.05, 0) is 48.4 Å². The van der Waals surface area contributed by atoms with Crippen LogP contribution in [0.2, 0.25) is 0 Å². The molecule has 0 fully saturated rings. The summed E-state index contributed by atoms with van der Waals surface area (Å²) < 4.78 is 5.13. The summed E-state index contributed by atoms with van der Waals surface area (Å²) in [6.45, 7) is 1.94. The molecule has 130 valence electrons. The van der Waals surface area contributed by atoms with Crippen molar-refractivity contribution in [2.45, 2.75) is 13.0 Å². The van der Waals surface area contributed by atoms with E-state index in [1.165, 1.54) is 18.2 Å². The highest BCUT2D eigenvalue weighted by atomic mass is 16.6. The van der Waals surface area contributed by atoms with E-state index in [0.717, 1.165) is 16.9 Å². The Morgan fingerprint density at radius 2 is 1.76 bits per heavy atom. The minimum Gasteiger partial charge on any atom is -0.497 e. The van der Waals surface area contributed by atoms with Crippen molar-refractivity contribution in [1.29, 1.82) is 0 Å². The Kier molecular flexibility index (Phi) is 5.89. The van der Waals surface area contributed by atoms with Gasteiger partial charge in [0.15, 0.2) is 0 Å². The molecule has 0 saturated heterocycles. The van der Waals surface area contributed by atoms with Crippen LogP contribution in [0.15, 0.2) is 54.6 Å². The number of benzene rings is 2. The molecular formula is C19H20N2O4. The lowest BCUT2D eigenvalue weighted by Gasteiger charge is -2.24. The SMILES string of the molecule is COc1ccc(C(C)N(C)C(=O)/C=C/c2ccc([N+](=O)[O-])cc2)cc1. The lowest BCUT2D eigenvalue weighted by molar-refractivity contribution is -0.384. The summed E-state index contributed by atoms with van der Waals surface area (Å²) in [4.78, 5) is 24.1. The Balaban J connectivity index is 2.03. The van der Waals surface area contributed by atoms with Gasteiger partial charge in [-0.3, -0.25) is 14.9 Å². The smallest absolute Gasteiger partial charge is 0.269 e. The second-order valence-electron chi connectivity index (χ2n) is 5.58. The van der Waals surface area contributed by atoms with Gasteiger partial charge in [0.25, 0.3) is 5.69 Å². The van der Waals surface area contributed by atoms with Gasteiger partial charge in [0.1, 0.15) is 5.75 Å². The first-order valence-corrected chi connectivity index (χ1v) is 7.75. The average molecular weight is 340 g/mol. The lowest BCUT2D eigenvalue weighted by Crippen LogP contribution is -2.27. The van der Waals surface area contributed by atoms with Crippen molar-refractivity contribution < 1.29 is 14.5 Å². The molecule has 0 aliphatic rings. The van der Waals surface area contributed by atoms with Gasteiger partial charge in [0.2, 0.25) is 5.91 Å². The summed E-state index contributed by atoms with van der Waals surface area (Å²) in [5.74, 6) is 0.615. The molecule has 1 amide bonds. The molecule has 6 nitrogen and oxygen atoms in total. The normalized spacial score (nSPS) is 12.0. The predicted molar refractivity (Wildman–Crippen MR) is 96.3 cm³/mol. The monoisotopic (exact) mass is 340 g/mol. The van der Waals surface area contributed by atoms with Crippen LogP contribution in [0.25, 0.3) is 6.08 Å². The van der Waals surface area contributed by atoms with Crippen LogP contribution in [0.4, 0.5) is 5.69 Å². The van der Waals surface area contributed by atoms with E-state index in [0.29, 0.717) is 0 Å². The third kappa shape index (κ3) is 4.67. The van der Waals surface area contributed by atoms with Gasteiger partial charge in [0, 0.05) is 25.3 Å². The average Bonchev–Trinajstić information content (AvgIpc) is 2.65. The highest BCUT2D eigenvalue weighted by Gasteiger charge is 2.15. The van der Waals surface area contributed by atoms with Crippen LogP contribution in [-0.2, 0) is 4.79 Å². The number of nitro groups is 1. The van der Waals surface area contributed by atoms with E-state index in [4.69, 9.17) is 4.74 Å². The van der Waals surface area contributed by atoms with Crippen LogP contribution >= 0.6 is 0 Å². The molecule has 0 radical (unpaired) electrons. The van der Waals surface area contributed by atoms with E-state index < -0.39 is 4.92 Å². The highest BCUT2D eigenvalue weighted by molar-refractivity contribution is 5.91. The number of carbonyl (C=O) groups is 1. The number of rotatable bonds is 6. The van der Waals surface area contributed by atoms with E-state index in [-0.39, 0.29) is 17.6 Å². The van der Waals surface area contributed by atoms with Crippen molar-refractivity contribution in [3.05, 3.63) is 75.8 Å². The summed E-state index contributed by atoms with van der Waals surface area (Å²) in [5, 5.41) is 10.6. The molecule has 2 aromatic carbocycles. The molecule has 0 N–H and O–H groups in total. The third-order valence-electron chi connectivity index (χ3n) is 4.05. The molecule has 6 heteroatoms. The molecule has 1 atom stereocenters. The van der Waals surface area contributed by atoms with Gasteiger partial charge >= 0.3 is 0 Å². The van der Waals surface area contributed by atoms with Crippen molar-refractivity contribution in [2.24, 2.45) is 0 Å². The van der Waals surface area contributed by atoms with Gasteiger partial charge in [-0.2, -0.15) is 0 Å². The number of nitro benzene ring substituents is 1. The number of non-ortho nitro benzene ring substituents is 1. The van der Waals surface area contributed by atoms with E-state index in [1.54, 1.807) is 37.3 Å². The summed E-state index contributed by atoms with van der Waals surface area (Å²) in [5.41, 5.74) is 1.75. The van der Waals surface area contributed by atoms with E-state index in [1.807, 2.05) is 31.2 Å². The Labute approximate surface area is 146 Å². The third-order valence-corrected chi connectivity index (χ3v) is 4.05. The molecular weight excluding hydrogens is 320 g/mol. The number of amides is 1. The molecule has 25 heavy (non-hydrogen) atoms. The van der Waals surface area contributed by atoms with Gasteiger partial charge in [0.05, 0.1) is 18.1 Å². The maximum atomic E-state index is 12.3. The predicted octanol–water partition coefficient (Wildman–Crippen LogP) is 3.84. The number of nitrogens with zero attached hydrogens (tertiary/aromatic N) is 2. The second kappa shape index (κ2) is 8.10. The van der Waals surface area contributed by atoms with E-state index in [2.05, 4.69) is 0 Å². The standard InChI is InChI=1S/C19H20N2O4/c1-14(16-7-11-18(25-3)12-8-16)20(2)19(22)13-6-15-4-9-17(10-5-15)21(23)24/h4-14H,1-3H3/b13-6+. The first kappa shape index (κ1) is 18.2. The summed E-state index contributed by atoms with van der Waals surface area (Å²) >= 11 is 0. The summed E-state index contributed by atoms with van der Waals surface area (Å²) in [7, 11) is 3.34. The molecule has 0 aliphatic heterocycles. The topological polar surface area (TPSA) is 72.7 Å². The summed E-state index contributed by atoms with van der Waals surface area (Å²) in [6.07, 6.45) is 3.10. The van der Waals surface area contributed by atoms with Crippen molar-refractivity contribution in [3.8, 4) is 5.75 Å². The van der Waals surface area contributed by atoms with Crippen molar-refractivity contribution >= 4 is 17.7 Å². The van der Waals surface area contributed by atoms with Crippen molar-refractivity contribution in [3.63, 3.8) is 0 Å². The quantitative estimate of drug-likeness (QED) is 0.455. The zero-order chi connectivity index (χ0) is 18.4. The Bertz CT molecular complexity index is 767. The van der Waals surface area contributed by atoms with Crippen molar-refractivity contribution in [1.82, 2.24) is 4.90 Å². The van der Waals surface area contributed by atoms with Crippen LogP contribution in [0, 0.1) is 10.1 Å². The number of likely N-dealkylation sites (N-methyl/N-ethyl adjacent to an activating group) is 1. The minimum atomic E-state index is -0.455. The first-order valence-electron chi connectivity index (χ1n) is 7.75. The Hall–Kier alpha value is -3.15. The van der Waals surface area contributed by atoms with Gasteiger partial charge < -0.3 is 9.64 Å². The molecule has 0 spiro atoms. The van der Waals surface area contributed by atoms with E-state index in [9.17, 15) is 14.9 Å². The molecule has 0 aliphatic carbocycles. The number of hydrogen-bond donors (Lipinski definition) is 0. The molecule has 0 saturated carbocycles. The molecule has 0 bridgehead atoms. The van der Waals surface area contributed by atoms with Crippen LogP contribution in [-0.4, -0.2) is 29.9 Å². The van der Waals surface area contributed by atoms with Crippen LogP contribution in [0.1, 0.15) is 24.1 Å². The highest BCUT2D eigenvalue weighted by Crippen LogP contribution is 2.22. The first-order chi connectivity index (χ1) is 11.9. The Morgan fingerprint density at radius 3 is 2.28 bits per heavy atom. The van der Waals surface area contributed by atoms with E-state index >= 15 is 0 Å². The maximum absolute atomic E-state index is 12.3. The number of ether oxygens (including phenoxy) is 1. The number of hydrogen-bond acceptors (Lipinski definition) is 4. The molecule has 2 aromatic rings. The van der Waals surface area contributed by atoms with Gasteiger partial charge in [-0.25, -0.2) is 0 Å². The molecule has 0 heterocycles. The molecule has 1 unspecified atom stereocenters. The van der Waals surface area contributed by atoms with Crippen LogP contribution < -0.4 is 4.74 Å². The largest absolute Gasteiger partial charge is 0.497 e. The fourth-order valence-corrected chi connectivity index (χ4v) is 2.29. The number of carbonyl (C=O) groups excluding carboxylic acids is 1. The second-order valence-corrected chi connectivity index (χ2v) is 5.58. The molecule has 0 aromatic heterocycles. The fourth-order valence-electron chi connectivity index (χ4n) is 2.29. The minimum absolute atomic E-state index is 0.0220. The number of methoxy groups -OCH3 is 1. The van der Waals surface area contributed by atoms with Crippen LogP contribution in [0.3, 0.4) is 0 Å². The Morgan fingerprint density at radius 1 is 1.16 bits per heavy atom. The maximum Gasteiger partial charge on any atom is 0.269 e. The van der Waals surface area contributed by atoms with Gasteiger partial charge in [-0.1, -0.05) is 12.1 Å². The van der Waals surface area contributed by atoms with Crippen LogP contribution in [0.5, 0.6) is 5.75 Å². The molecule has 2 rings (SSSR count). The van der Waals surface area contributed by atoms with Crippen molar-refractivity contribution in [2.75, 3.05) is 14.2 Å². The lowest BCUT2D eigenvalue weighted by atomic mass is 10.1. The zero-order valence-electron chi connectivity index (χ0n) is 14.4. The summed E-state index contributed by atoms with van der Waals surface area (Å²) in [6, 6.07) is 13.5. The zero-order valence-corrected chi connectivity index (χ0v) is 14.4. The van der Waals surface area contributed by atoms with Gasteiger partial charge in [-0.15, -0.1) is 0 Å².